The van der Waals surface area contributed by atoms with E-state index < -0.39 is 7.28 Å². The monoisotopic (exact) mass is 158 g/mol. The third-order valence-corrected chi connectivity index (χ3v) is 3.67. The molecule has 0 fully saturated rings. The Hall–Kier alpha value is 2.10. The van der Waals surface area contributed by atoms with E-state index in [0.29, 0.717) is 0 Å². The van der Waals surface area contributed by atoms with Gasteiger partial charge >= 0.3 is 105 Å². The van der Waals surface area contributed by atoms with E-state index in [2.05, 4.69) is 0 Å². The van der Waals surface area contributed by atoms with E-state index in [4.69, 9.17) is 0 Å². The summed E-state index contributed by atoms with van der Waals surface area (Å²) in [6.07, 6.45) is -0.551. The van der Waals surface area contributed by atoms with Crippen molar-refractivity contribution in [3.05, 3.63) is 0 Å². The first-order valence-electron chi connectivity index (χ1n) is 2.59. The topological polar surface area (TPSA) is 69.2 Å². The summed E-state index contributed by atoms with van der Waals surface area (Å²) in [5.74, 6) is 0. The van der Waals surface area contributed by atoms with Crippen molar-refractivity contribution in [2.75, 3.05) is 12.3 Å². The molecule has 0 aliphatic heterocycles. The van der Waals surface area contributed by atoms with Gasteiger partial charge in [-0.1, -0.05) is 0 Å². The average molecular weight is 158 g/mol. The molecule has 0 aromatic rings. The molecular formula is C4H10Li3O3P. The van der Waals surface area contributed by atoms with E-state index in [1.165, 1.54) is 13.8 Å². The van der Waals surface area contributed by atoms with Gasteiger partial charge in [0.2, 0.25) is 0 Å². The maximum atomic E-state index is 10.4. The molecule has 0 aromatic heterocycles. The molecule has 0 aliphatic rings. The van der Waals surface area contributed by atoms with Crippen molar-refractivity contribution in [2.24, 2.45) is 0 Å². The van der Waals surface area contributed by atoms with Gasteiger partial charge in [0.05, 0.1) is 0 Å². The molecule has 0 bridgehead atoms. The Balaban J connectivity index is -0.0000000817. The van der Waals surface area contributed by atoms with Gasteiger partial charge in [-0.25, -0.2) is 0 Å². The predicted octanol–water partition coefficient (Wildman–Crippen LogP) is -10.6. The van der Waals surface area contributed by atoms with Crippen LogP contribution < -0.4 is 71.3 Å². The van der Waals surface area contributed by atoms with E-state index in [1.807, 2.05) is 0 Å². The molecule has 0 saturated carbocycles. The Morgan fingerprint density at radius 1 is 0.818 bits per heavy atom. The first kappa shape index (κ1) is 23.2. The third kappa shape index (κ3) is 12.1. The van der Waals surface area contributed by atoms with Crippen LogP contribution in [0.2, 0.25) is 0 Å². The summed E-state index contributed by atoms with van der Waals surface area (Å²) in [7, 11) is -4.85. The van der Waals surface area contributed by atoms with E-state index in [0.717, 1.165) is 0 Å². The van der Waals surface area contributed by atoms with Gasteiger partial charge in [-0.3, -0.25) is 0 Å². The van der Waals surface area contributed by atoms with Gasteiger partial charge in [0, 0.05) is 0 Å². The minimum absolute atomic E-state index is 0. The largest absolute Gasteiger partial charge is 1.00 e. The Morgan fingerprint density at radius 3 is 1.00 bits per heavy atom. The predicted molar refractivity (Wildman–Crippen MR) is 28.0 cm³/mol. The van der Waals surface area contributed by atoms with E-state index >= 15 is 0 Å². The number of hydrogen-bond donors (Lipinski definition) is 0. The second-order valence-electron chi connectivity index (χ2n) is 1.85. The molecule has 0 unspecified atom stereocenters. The van der Waals surface area contributed by atoms with Crippen LogP contribution in [0.4, 0.5) is 0 Å². The molecular weight excluding hydrogens is 148 g/mol. The smallest absolute Gasteiger partial charge is 1.00 e. The fraction of sp³-hybridized carbons (Fsp3) is 1.00. The molecule has 0 heterocycles. The molecule has 3 nitrogen and oxygen atoms in total. The van der Waals surface area contributed by atoms with E-state index in [9.17, 15) is 14.7 Å². The van der Waals surface area contributed by atoms with Gasteiger partial charge in [0.15, 0.2) is 0 Å². The summed E-state index contributed by atoms with van der Waals surface area (Å²) in [5.41, 5.74) is 0. The standard InChI is InChI=1S/C4H10O3P.3Li/c1-3-8(5,6,7)4-2;;;/h3-4H2,1-2H3;;;/q-3;3*+1. The number of hydrogen-bond acceptors (Lipinski definition) is 3. The summed E-state index contributed by atoms with van der Waals surface area (Å²) in [5, 5.41) is 0. The van der Waals surface area contributed by atoms with Gasteiger partial charge < -0.3 is 0 Å². The van der Waals surface area contributed by atoms with Crippen LogP contribution in [-0.4, -0.2) is 12.3 Å². The van der Waals surface area contributed by atoms with Crippen LogP contribution in [0.25, 0.3) is 0 Å². The van der Waals surface area contributed by atoms with E-state index in [-0.39, 0.29) is 68.9 Å². The van der Waals surface area contributed by atoms with Crippen molar-refractivity contribution < 1.29 is 71.3 Å². The second kappa shape index (κ2) is 7.50. The van der Waals surface area contributed by atoms with Crippen molar-refractivity contribution >= 4 is 7.28 Å². The molecule has 0 saturated heterocycles. The van der Waals surface area contributed by atoms with Gasteiger partial charge in [0.25, 0.3) is 0 Å². The first-order chi connectivity index (χ1) is 3.39. The summed E-state index contributed by atoms with van der Waals surface area (Å²) in [4.78, 5) is 31.3. The summed E-state index contributed by atoms with van der Waals surface area (Å²) < 4.78 is 0. The van der Waals surface area contributed by atoms with Gasteiger partial charge in [-0.05, 0) is 0 Å². The maximum absolute atomic E-state index is 10.4. The Labute approximate surface area is 104 Å². The van der Waals surface area contributed by atoms with Gasteiger partial charge in [-0.2, -0.15) is 0 Å². The molecule has 0 aromatic carbocycles. The van der Waals surface area contributed by atoms with Gasteiger partial charge in [0.1, 0.15) is 0 Å². The van der Waals surface area contributed by atoms with Crippen LogP contribution in [0.5, 0.6) is 0 Å². The van der Waals surface area contributed by atoms with Crippen molar-refractivity contribution in [1.82, 2.24) is 0 Å². The minimum Gasteiger partial charge on any atom is 1.00 e. The fourth-order valence-electron chi connectivity index (χ4n) is 0.224. The SMILES string of the molecule is CCP([O-])([O-])([O-])CC.[Li+].[Li+].[Li+]. The minimum atomic E-state index is -4.85. The molecule has 0 spiro atoms. The molecule has 11 heavy (non-hydrogen) atoms. The van der Waals surface area contributed by atoms with Gasteiger partial charge in [-0.15, -0.1) is 0 Å². The Bertz CT molecular complexity index is 84.3. The van der Waals surface area contributed by atoms with Crippen LogP contribution in [0.3, 0.4) is 0 Å². The zero-order valence-corrected chi connectivity index (χ0v) is 8.98. The molecule has 0 aliphatic carbocycles. The van der Waals surface area contributed by atoms with Crippen LogP contribution in [-0.2, 0) is 0 Å². The van der Waals surface area contributed by atoms with Crippen molar-refractivity contribution in [3.63, 3.8) is 0 Å². The third-order valence-electron chi connectivity index (χ3n) is 1.22. The van der Waals surface area contributed by atoms with Crippen LogP contribution in [0, 0.1) is 0 Å². The summed E-state index contributed by atoms with van der Waals surface area (Å²) in [6.45, 7) is 2.74. The van der Waals surface area contributed by atoms with Crippen molar-refractivity contribution in [3.8, 4) is 0 Å². The first-order valence-corrected chi connectivity index (χ1v) is 4.95. The molecule has 0 atom stereocenters. The summed E-state index contributed by atoms with van der Waals surface area (Å²) in [6, 6.07) is 0. The fourth-order valence-corrected chi connectivity index (χ4v) is 0.671. The normalized spacial score (nSPS) is 12.6. The Morgan fingerprint density at radius 2 is 1.00 bits per heavy atom. The molecule has 0 radical (unpaired) electrons. The molecule has 0 N–H and O–H groups in total. The second-order valence-corrected chi connectivity index (χ2v) is 5.56. The summed E-state index contributed by atoms with van der Waals surface area (Å²) >= 11 is 0. The van der Waals surface area contributed by atoms with Crippen LogP contribution >= 0.6 is 7.28 Å². The molecule has 0 amide bonds. The van der Waals surface area contributed by atoms with Crippen molar-refractivity contribution in [1.29, 1.82) is 0 Å². The molecule has 7 heteroatoms. The average Bonchev–Trinajstić information content (AvgIpc) is 1.68. The zero-order valence-electron chi connectivity index (χ0n) is 8.09. The number of rotatable bonds is 2. The van der Waals surface area contributed by atoms with E-state index in [1.54, 1.807) is 0 Å². The quantitative estimate of drug-likeness (QED) is 0.296. The van der Waals surface area contributed by atoms with Crippen molar-refractivity contribution in [2.45, 2.75) is 13.8 Å². The molecule has 52 valence electrons. The zero-order chi connectivity index (χ0) is 6.86. The molecule has 0 rings (SSSR count). The Kier molecular flexibility index (Phi) is 15.8. The van der Waals surface area contributed by atoms with Crippen LogP contribution in [0.15, 0.2) is 0 Å². The maximum Gasteiger partial charge on any atom is 1.00 e. The van der Waals surface area contributed by atoms with Crippen LogP contribution in [0.1, 0.15) is 13.8 Å².